The van der Waals surface area contributed by atoms with Gasteiger partial charge in [-0.1, -0.05) is 6.42 Å². The first-order chi connectivity index (χ1) is 12.4. The normalized spacial score (nSPS) is 19.6. The minimum Gasteiger partial charge on any atom is -0.357 e. The van der Waals surface area contributed by atoms with Crippen LogP contribution in [0.15, 0.2) is 10.4 Å². The molecule has 9 heteroatoms. The van der Waals surface area contributed by atoms with Crippen molar-refractivity contribution in [1.82, 2.24) is 20.5 Å². The zero-order valence-electron chi connectivity index (χ0n) is 15.4. The number of aliphatic imine (C=N–C) groups is 1. The number of thiazole rings is 1. The highest BCUT2D eigenvalue weighted by Crippen LogP contribution is 2.29. The average Bonchev–Trinajstić information content (AvgIpc) is 3.06. The quantitative estimate of drug-likeness (QED) is 0.554. The molecule has 148 valence electrons. The minimum atomic E-state index is -4.37. The fourth-order valence-corrected chi connectivity index (χ4v) is 3.77. The molecular formula is C17H28F3N5S. The predicted octanol–water partition coefficient (Wildman–Crippen LogP) is 3.13. The summed E-state index contributed by atoms with van der Waals surface area (Å²) in [6.45, 7) is 8.24. The lowest BCUT2D eigenvalue weighted by Gasteiger charge is -2.32. The van der Waals surface area contributed by atoms with Crippen LogP contribution in [0.5, 0.6) is 0 Å². The Bertz CT molecular complexity index is 573. The molecule has 1 saturated heterocycles. The maximum Gasteiger partial charge on any atom is 0.434 e. The van der Waals surface area contributed by atoms with Crippen LogP contribution in [0.25, 0.3) is 0 Å². The van der Waals surface area contributed by atoms with E-state index in [0.717, 1.165) is 36.4 Å². The van der Waals surface area contributed by atoms with Crippen LogP contribution in [0.3, 0.4) is 0 Å². The van der Waals surface area contributed by atoms with Crippen molar-refractivity contribution in [3.05, 3.63) is 16.1 Å². The van der Waals surface area contributed by atoms with Gasteiger partial charge < -0.3 is 10.6 Å². The first-order valence-corrected chi connectivity index (χ1v) is 10.1. The van der Waals surface area contributed by atoms with Gasteiger partial charge in [0.2, 0.25) is 0 Å². The maximum atomic E-state index is 12.6. The van der Waals surface area contributed by atoms with E-state index in [0.29, 0.717) is 36.5 Å². The smallest absolute Gasteiger partial charge is 0.357 e. The monoisotopic (exact) mass is 391 g/mol. The third-order valence-corrected chi connectivity index (χ3v) is 5.32. The Hall–Kier alpha value is -1.35. The maximum absolute atomic E-state index is 12.6. The third-order valence-electron chi connectivity index (χ3n) is 4.42. The van der Waals surface area contributed by atoms with Gasteiger partial charge in [-0.25, -0.2) is 4.98 Å². The van der Waals surface area contributed by atoms with Crippen LogP contribution in [0.4, 0.5) is 13.2 Å². The molecular weight excluding hydrogens is 363 g/mol. The van der Waals surface area contributed by atoms with Gasteiger partial charge in [-0.2, -0.15) is 13.2 Å². The predicted molar refractivity (Wildman–Crippen MR) is 99.7 cm³/mol. The molecule has 0 aromatic carbocycles. The zero-order valence-corrected chi connectivity index (χ0v) is 16.2. The summed E-state index contributed by atoms with van der Waals surface area (Å²) in [5.41, 5.74) is -0.811. The summed E-state index contributed by atoms with van der Waals surface area (Å²) in [4.78, 5) is 10.7. The van der Waals surface area contributed by atoms with Crippen molar-refractivity contribution in [3.63, 3.8) is 0 Å². The molecule has 0 radical (unpaired) electrons. The summed E-state index contributed by atoms with van der Waals surface area (Å²) in [6, 6.07) is 0.613. The Balaban J connectivity index is 1.77. The number of hydrogen-bond donors (Lipinski definition) is 2. The molecule has 0 spiro atoms. The van der Waals surface area contributed by atoms with E-state index in [2.05, 4.69) is 32.4 Å². The third kappa shape index (κ3) is 6.75. The summed E-state index contributed by atoms with van der Waals surface area (Å²) >= 11 is 1.04. The van der Waals surface area contributed by atoms with Crippen molar-refractivity contribution in [1.29, 1.82) is 0 Å². The van der Waals surface area contributed by atoms with E-state index < -0.39 is 11.9 Å². The Morgan fingerprint density at radius 1 is 1.38 bits per heavy atom. The van der Waals surface area contributed by atoms with Crippen LogP contribution < -0.4 is 10.6 Å². The van der Waals surface area contributed by atoms with Gasteiger partial charge in [-0.15, -0.1) is 11.3 Å². The second-order valence-corrected chi connectivity index (χ2v) is 7.39. The largest absolute Gasteiger partial charge is 0.434 e. The molecule has 1 unspecified atom stereocenters. The molecule has 0 amide bonds. The van der Waals surface area contributed by atoms with Crippen molar-refractivity contribution in [2.75, 3.05) is 32.7 Å². The number of hydrogen-bond acceptors (Lipinski definition) is 4. The van der Waals surface area contributed by atoms with Gasteiger partial charge >= 0.3 is 6.18 Å². The number of piperidine rings is 1. The van der Waals surface area contributed by atoms with Crippen LogP contribution >= 0.6 is 11.3 Å². The SMILES string of the molecule is CCNC(=NCCN1CCCCC1C)NCCc1nc(C(F)(F)F)cs1. The molecule has 5 nitrogen and oxygen atoms in total. The lowest BCUT2D eigenvalue weighted by Crippen LogP contribution is -2.41. The van der Waals surface area contributed by atoms with Gasteiger partial charge in [0.15, 0.2) is 11.7 Å². The summed E-state index contributed by atoms with van der Waals surface area (Å²) in [5.74, 6) is 0.699. The van der Waals surface area contributed by atoms with E-state index in [1.165, 1.54) is 19.3 Å². The Morgan fingerprint density at radius 2 is 2.19 bits per heavy atom. The number of guanidine groups is 1. The number of nitrogens with zero attached hydrogens (tertiary/aromatic N) is 3. The van der Waals surface area contributed by atoms with Gasteiger partial charge in [0.1, 0.15) is 0 Å². The number of halogens is 3. The summed E-state index contributed by atoms with van der Waals surface area (Å²) < 4.78 is 37.7. The fourth-order valence-electron chi connectivity index (χ4n) is 2.97. The van der Waals surface area contributed by atoms with Gasteiger partial charge in [-0.05, 0) is 33.2 Å². The highest BCUT2D eigenvalue weighted by molar-refractivity contribution is 7.09. The number of likely N-dealkylation sites (tertiary alicyclic amines) is 1. The lowest BCUT2D eigenvalue weighted by molar-refractivity contribution is -0.140. The Morgan fingerprint density at radius 3 is 2.85 bits per heavy atom. The Labute approximate surface area is 157 Å². The van der Waals surface area contributed by atoms with E-state index in [1.807, 2.05) is 6.92 Å². The summed E-state index contributed by atoms with van der Waals surface area (Å²) in [5, 5.41) is 7.88. The van der Waals surface area contributed by atoms with E-state index in [-0.39, 0.29) is 0 Å². The van der Waals surface area contributed by atoms with Crippen LogP contribution in [-0.2, 0) is 12.6 Å². The second kappa shape index (κ2) is 10.1. The molecule has 26 heavy (non-hydrogen) atoms. The van der Waals surface area contributed by atoms with Crippen LogP contribution in [0, 0.1) is 0 Å². The molecule has 2 heterocycles. The molecule has 1 aromatic heterocycles. The second-order valence-electron chi connectivity index (χ2n) is 6.44. The van der Waals surface area contributed by atoms with Crippen molar-refractivity contribution in [2.24, 2.45) is 4.99 Å². The van der Waals surface area contributed by atoms with E-state index >= 15 is 0 Å². The molecule has 1 aliphatic rings. The van der Waals surface area contributed by atoms with Crippen LogP contribution in [-0.4, -0.2) is 54.6 Å². The summed E-state index contributed by atoms with van der Waals surface area (Å²) in [6.07, 6.45) is -0.133. The molecule has 0 aliphatic carbocycles. The molecule has 2 rings (SSSR count). The van der Waals surface area contributed by atoms with Gasteiger partial charge in [0.25, 0.3) is 0 Å². The number of alkyl halides is 3. The van der Waals surface area contributed by atoms with Gasteiger partial charge in [0.05, 0.1) is 11.6 Å². The number of nitrogens with one attached hydrogen (secondary N) is 2. The topological polar surface area (TPSA) is 52.6 Å². The van der Waals surface area contributed by atoms with Crippen LogP contribution in [0.2, 0.25) is 0 Å². The first kappa shape index (κ1) is 21.0. The molecule has 0 bridgehead atoms. The van der Waals surface area contributed by atoms with Crippen molar-refractivity contribution in [2.45, 2.75) is 51.7 Å². The first-order valence-electron chi connectivity index (χ1n) is 9.18. The summed E-state index contributed by atoms with van der Waals surface area (Å²) in [7, 11) is 0. The van der Waals surface area contributed by atoms with E-state index in [4.69, 9.17) is 0 Å². The molecule has 1 aliphatic heterocycles. The van der Waals surface area contributed by atoms with Gasteiger partial charge in [-0.3, -0.25) is 9.89 Å². The molecule has 1 aromatic rings. The number of aromatic nitrogens is 1. The highest BCUT2D eigenvalue weighted by atomic mass is 32.1. The fraction of sp³-hybridized carbons (Fsp3) is 0.765. The highest BCUT2D eigenvalue weighted by Gasteiger charge is 2.33. The average molecular weight is 392 g/mol. The molecule has 1 atom stereocenters. The van der Waals surface area contributed by atoms with E-state index in [1.54, 1.807) is 0 Å². The van der Waals surface area contributed by atoms with Crippen molar-refractivity contribution in [3.8, 4) is 0 Å². The van der Waals surface area contributed by atoms with E-state index in [9.17, 15) is 13.2 Å². The Kier molecular flexibility index (Phi) is 8.15. The standard InChI is InChI=1S/C17H28F3N5S/c1-3-21-16(23-9-11-25-10-5-4-6-13(25)2)22-8-7-15-24-14(12-26-15)17(18,19)20/h12-13H,3-11H2,1-2H3,(H2,21,22,23). The van der Waals surface area contributed by atoms with Gasteiger partial charge in [0, 0.05) is 37.5 Å². The zero-order chi connectivity index (χ0) is 19.0. The van der Waals surface area contributed by atoms with Crippen molar-refractivity contribution < 1.29 is 13.2 Å². The molecule has 1 fully saturated rings. The number of rotatable bonds is 7. The molecule has 0 saturated carbocycles. The van der Waals surface area contributed by atoms with Crippen molar-refractivity contribution >= 4 is 17.3 Å². The lowest BCUT2D eigenvalue weighted by atomic mass is 10.0. The minimum absolute atomic E-state index is 0.439. The van der Waals surface area contributed by atoms with Crippen LogP contribution in [0.1, 0.15) is 43.8 Å². The molecule has 2 N–H and O–H groups in total.